The van der Waals surface area contributed by atoms with Gasteiger partial charge in [-0.3, -0.25) is 0 Å². The molecule has 0 unspecified atom stereocenters. The van der Waals surface area contributed by atoms with Gasteiger partial charge in [0.25, 0.3) is 0 Å². The van der Waals surface area contributed by atoms with Crippen LogP contribution in [0.1, 0.15) is 0 Å². The zero-order chi connectivity index (χ0) is 8.97. The minimum absolute atomic E-state index is 0. The quantitative estimate of drug-likeness (QED) is 0.586. The van der Waals surface area contributed by atoms with Crippen molar-refractivity contribution < 1.29 is 5.11 Å². The summed E-state index contributed by atoms with van der Waals surface area (Å²) in [6, 6.07) is 6.83. The molecule has 0 aliphatic carbocycles. The van der Waals surface area contributed by atoms with Crippen molar-refractivity contribution in [3.63, 3.8) is 0 Å². The van der Waals surface area contributed by atoms with Crippen molar-refractivity contribution in [2.45, 2.75) is 0 Å². The molecule has 72 valence electrons. The van der Waals surface area contributed by atoms with Crippen molar-refractivity contribution in [3.05, 3.63) is 24.3 Å². The molecule has 0 spiro atoms. The van der Waals surface area contributed by atoms with Gasteiger partial charge < -0.3 is 10.0 Å². The molecule has 0 radical (unpaired) electrons. The summed E-state index contributed by atoms with van der Waals surface area (Å²) in [5.41, 5.74) is 0.753. The van der Waals surface area contributed by atoms with Gasteiger partial charge in [0, 0.05) is 20.2 Å². The number of phenolic OH excluding ortho intramolecular Hbond substituents is 1. The fraction of sp³-hybridized carbons (Fsp3) is 0.222. The Morgan fingerprint density at radius 2 is 2.08 bits per heavy atom. The van der Waals surface area contributed by atoms with Gasteiger partial charge in [0.15, 0.2) is 0 Å². The summed E-state index contributed by atoms with van der Waals surface area (Å²) >= 11 is 0. The third-order valence-electron chi connectivity index (χ3n) is 1.27. The first-order chi connectivity index (χ1) is 5.68. The highest BCUT2D eigenvalue weighted by atomic mass is 35.5. The van der Waals surface area contributed by atoms with Gasteiger partial charge in [-0.15, -0.1) is 12.4 Å². The van der Waals surface area contributed by atoms with Gasteiger partial charge in [-0.1, -0.05) is 6.07 Å². The van der Waals surface area contributed by atoms with Crippen LogP contribution in [-0.2, 0) is 0 Å². The Hall–Kier alpha value is -1.22. The molecule has 13 heavy (non-hydrogen) atoms. The number of benzene rings is 1. The molecule has 0 amide bonds. The highest BCUT2D eigenvalue weighted by Crippen LogP contribution is 2.17. The predicted molar refractivity (Wildman–Crippen MR) is 57.2 cm³/mol. The summed E-state index contributed by atoms with van der Waals surface area (Å²) in [7, 11) is 3.79. The maximum absolute atomic E-state index is 9.09. The second kappa shape index (κ2) is 5.43. The number of hydrogen-bond acceptors (Lipinski definition) is 2. The second-order valence-corrected chi connectivity index (χ2v) is 2.73. The van der Waals surface area contributed by atoms with Gasteiger partial charge in [0.1, 0.15) is 5.75 Å². The monoisotopic (exact) mass is 200 g/mol. The van der Waals surface area contributed by atoms with Gasteiger partial charge >= 0.3 is 0 Å². The van der Waals surface area contributed by atoms with Crippen molar-refractivity contribution in [3.8, 4) is 5.75 Å². The first-order valence-electron chi connectivity index (χ1n) is 3.68. The summed E-state index contributed by atoms with van der Waals surface area (Å²) in [4.78, 5) is 5.94. The van der Waals surface area contributed by atoms with Crippen LogP contribution in [0.2, 0.25) is 0 Å². The topological polar surface area (TPSA) is 35.8 Å². The lowest BCUT2D eigenvalue weighted by molar-refractivity contribution is 0.475. The lowest BCUT2D eigenvalue weighted by atomic mass is 10.3. The molecule has 0 saturated carbocycles. The third-order valence-corrected chi connectivity index (χ3v) is 1.27. The molecule has 0 bridgehead atoms. The summed E-state index contributed by atoms with van der Waals surface area (Å²) in [5.74, 6) is 0.239. The lowest BCUT2D eigenvalue weighted by Gasteiger charge is -2.01. The van der Waals surface area contributed by atoms with Crippen LogP contribution >= 0.6 is 12.4 Å². The van der Waals surface area contributed by atoms with Crippen LogP contribution in [0, 0.1) is 0 Å². The molecule has 1 aromatic rings. The fourth-order valence-electron chi connectivity index (χ4n) is 0.755. The van der Waals surface area contributed by atoms with Gasteiger partial charge in [-0.05, 0) is 12.1 Å². The van der Waals surface area contributed by atoms with Gasteiger partial charge in [0.2, 0.25) is 0 Å². The largest absolute Gasteiger partial charge is 0.508 e. The van der Waals surface area contributed by atoms with Crippen LogP contribution in [-0.4, -0.2) is 30.4 Å². The normalized spacial score (nSPS) is 9.69. The van der Waals surface area contributed by atoms with E-state index in [-0.39, 0.29) is 18.2 Å². The molecule has 0 atom stereocenters. The SMILES string of the molecule is CN(C)C=Nc1cccc(O)c1.Cl. The lowest BCUT2D eigenvalue weighted by Crippen LogP contribution is -2.06. The highest BCUT2D eigenvalue weighted by molar-refractivity contribution is 5.85. The molecule has 0 heterocycles. The van der Waals surface area contributed by atoms with Crippen LogP contribution in [0.25, 0.3) is 0 Å². The second-order valence-electron chi connectivity index (χ2n) is 2.73. The van der Waals surface area contributed by atoms with Crippen LogP contribution < -0.4 is 0 Å². The molecule has 0 aliphatic rings. The Bertz CT molecular complexity index is 287. The minimum atomic E-state index is 0. The van der Waals surface area contributed by atoms with Gasteiger partial charge in [-0.2, -0.15) is 0 Å². The molecule has 3 nitrogen and oxygen atoms in total. The number of aromatic hydroxyl groups is 1. The van der Waals surface area contributed by atoms with Gasteiger partial charge in [0.05, 0.1) is 12.0 Å². The summed E-state index contributed by atoms with van der Waals surface area (Å²) in [6.45, 7) is 0. The van der Waals surface area contributed by atoms with Crippen molar-refractivity contribution in [1.82, 2.24) is 4.90 Å². The van der Waals surface area contributed by atoms with E-state index >= 15 is 0 Å². The van der Waals surface area contributed by atoms with Gasteiger partial charge in [-0.25, -0.2) is 4.99 Å². The minimum Gasteiger partial charge on any atom is -0.508 e. The Kier molecular flexibility index (Phi) is 4.92. The van der Waals surface area contributed by atoms with Crippen molar-refractivity contribution in [1.29, 1.82) is 0 Å². The number of phenols is 1. The smallest absolute Gasteiger partial charge is 0.117 e. The van der Waals surface area contributed by atoms with Crippen LogP contribution in [0.15, 0.2) is 29.3 Å². The summed E-state index contributed by atoms with van der Waals surface area (Å²) in [5, 5.41) is 9.09. The van der Waals surface area contributed by atoms with Crippen LogP contribution in [0.3, 0.4) is 0 Å². The molecule has 4 heteroatoms. The standard InChI is InChI=1S/C9H12N2O.ClH/c1-11(2)7-10-8-4-3-5-9(12)6-8;/h3-7,12H,1-2H3;1H. The third kappa shape index (κ3) is 4.38. The van der Waals surface area contributed by atoms with Crippen molar-refractivity contribution >= 4 is 24.4 Å². The molecular weight excluding hydrogens is 188 g/mol. The number of rotatable bonds is 2. The van der Waals surface area contributed by atoms with Crippen LogP contribution in [0.4, 0.5) is 5.69 Å². The summed E-state index contributed by atoms with van der Waals surface area (Å²) < 4.78 is 0. The van der Waals surface area contributed by atoms with E-state index in [1.807, 2.05) is 25.1 Å². The highest BCUT2D eigenvalue weighted by Gasteiger charge is 1.89. The Morgan fingerprint density at radius 3 is 2.62 bits per heavy atom. The molecule has 0 saturated heterocycles. The first-order valence-corrected chi connectivity index (χ1v) is 3.68. The molecule has 1 N–H and O–H groups in total. The average Bonchev–Trinajstić information content (AvgIpc) is 2.01. The molecule has 1 aromatic carbocycles. The molecule has 0 fully saturated rings. The fourth-order valence-corrected chi connectivity index (χ4v) is 0.755. The molecule has 1 rings (SSSR count). The molecule has 0 aliphatic heterocycles. The zero-order valence-electron chi connectivity index (χ0n) is 7.64. The van der Waals surface area contributed by atoms with E-state index in [0.717, 1.165) is 5.69 Å². The number of halogens is 1. The van der Waals surface area contributed by atoms with E-state index in [0.29, 0.717) is 0 Å². The Morgan fingerprint density at radius 1 is 1.38 bits per heavy atom. The first kappa shape index (κ1) is 11.8. The molecular formula is C9H13ClN2O. The van der Waals surface area contributed by atoms with E-state index in [4.69, 9.17) is 5.11 Å². The Labute approximate surface area is 84.1 Å². The average molecular weight is 201 g/mol. The van der Waals surface area contributed by atoms with E-state index in [2.05, 4.69) is 4.99 Å². The van der Waals surface area contributed by atoms with Crippen LogP contribution in [0.5, 0.6) is 5.75 Å². The van der Waals surface area contributed by atoms with E-state index in [9.17, 15) is 0 Å². The van der Waals surface area contributed by atoms with E-state index < -0.39 is 0 Å². The number of nitrogens with zero attached hydrogens (tertiary/aromatic N) is 2. The molecule has 0 aromatic heterocycles. The predicted octanol–water partition coefficient (Wildman–Crippen LogP) is 2.04. The van der Waals surface area contributed by atoms with Crippen molar-refractivity contribution in [2.24, 2.45) is 4.99 Å². The maximum atomic E-state index is 9.09. The van der Waals surface area contributed by atoms with Crippen molar-refractivity contribution in [2.75, 3.05) is 14.1 Å². The zero-order valence-corrected chi connectivity index (χ0v) is 8.45. The van der Waals surface area contributed by atoms with E-state index in [1.165, 1.54) is 0 Å². The number of aliphatic imine (C=N–C) groups is 1. The summed E-state index contributed by atoms with van der Waals surface area (Å²) in [6.07, 6.45) is 1.69. The van der Waals surface area contributed by atoms with E-state index in [1.54, 1.807) is 24.5 Å². The number of hydrogen-bond donors (Lipinski definition) is 1. The maximum Gasteiger partial charge on any atom is 0.117 e. The Balaban J connectivity index is 0.00000144.